The number of para-hydroxylation sites is 4. The quantitative estimate of drug-likeness (QED) is 0.222. The lowest BCUT2D eigenvalue weighted by molar-refractivity contribution is 0.668. The van der Waals surface area contributed by atoms with Crippen LogP contribution in [0.1, 0.15) is 30.2 Å². The van der Waals surface area contributed by atoms with Crippen LogP contribution in [0.25, 0.3) is 76.9 Å². The molecule has 0 atom stereocenters. The number of furan rings is 1. The van der Waals surface area contributed by atoms with Gasteiger partial charge in [0.2, 0.25) is 0 Å². The molecule has 3 heteroatoms. The Labute approximate surface area is 254 Å². The average Bonchev–Trinajstić information content (AvgIpc) is 3.91. The molecule has 0 N–H and O–H groups in total. The van der Waals surface area contributed by atoms with E-state index in [0.29, 0.717) is 0 Å². The molecule has 3 nitrogen and oxygen atoms in total. The highest BCUT2D eigenvalue weighted by Crippen LogP contribution is 2.42. The highest BCUT2D eigenvalue weighted by molar-refractivity contribution is 6.29. The second-order valence-corrected chi connectivity index (χ2v) is 8.52. The standard InChI is InChI=1S/C36H22N2O/c1-2-10-23(11-3-1)37-29-15-7-4-13-27(29)35-31(37)20-21-32-36(35)28-14-5-8-16-30(28)38(32)24-18-19-26-25-12-6-9-17-33(25)39-34(26)22-24/h1-22H/i1D,2D,3D,4D,5D,6D,7D,8D,9D,10D,11D,12D,13D,14D,15D,16D,17D,18D,19D,20D,21D,22D. The summed E-state index contributed by atoms with van der Waals surface area (Å²) in [4.78, 5) is 0. The summed E-state index contributed by atoms with van der Waals surface area (Å²) < 4.78 is 202. The van der Waals surface area contributed by atoms with Crippen LogP contribution in [0.3, 0.4) is 0 Å². The van der Waals surface area contributed by atoms with E-state index in [-0.39, 0.29) is 21.5 Å². The molecular weight excluding hydrogens is 476 g/mol. The minimum atomic E-state index is -0.853. The minimum Gasteiger partial charge on any atom is -0.456 e. The third-order valence-electron chi connectivity index (χ3n) is 6.56. The van der Waals surface area contributed by atoms with E-state index >= 15 is 0 Å². The van der Waals surface area contributed by atoms with E-state index in [0.717, 1.165) is 9.13 Å². The number of benzene rings is 6. The summed E-state index contributed by atoms with van der Waals surface area (Å²) in [5.41, 5.74) is -4.37. The summed E-state index contributed by atoms with van der Waals surface area (Å²) in [6, 6.07) is -17.4. The average molecular weight is 521 g/mol. The van der Waals surface area contributed by atoms with Crippen molar-refractivity contribution < 1.29 is 34.6 Å². The van der Waals surface area contributed by atoms with Crippen LogP contribution < -0.4 is 0 Å². The summed E-state index contributed by atoms with van der Waals surface area (Å²) in [5, 5.41) is -2.30. The SMILES string of the molecule is [2H]c1c([2H])c([2H])c(-n2c3c([2H])c([2H])c([2H])c([2H])c3c3c4c5c([2H])c([2H])c([2H])c([2H])c5n(-c5c([2H])c([2H])c6c(oc7c([2H])c([2H])c([2H])c([2H])c76)c5[2H])c4c([2H])c([2H])c32)c([2H])c1[2H]. The van der Waals surface area contributed by atoms with Gasteiger partial charge in [-0.3, -0.25) is 0 Å². The third-order valence-corrected chi connectivity index (χ3v) is 6.56. The number of hydrogen-bond acceptors (Lipinski definition) is 1. The fourth-order valence-electron chi connectivity index (χ4n) is 5.04. The number of rotatable bonds is 2. The topological polar surface area (TPSA) is 23.0 Å². The van der Waals surface area contributed by atoms with Gasteiger partial charge in [0.05, 0.1) is 52.2 Å². The monoisotopic (exact) mass is 520 g/mol. The van der Waals surface area contributed by atoms with Crippen molar-refractivity contribution in [3.05, 3.63) is 133 Å². The molecule has 3 heterocycles. The van der Waals surface area contributed by atoms with Crippen LogP contribution in [0.15, 0.2) is 137 Å². The zero-order chi connectivity index (χ0) is 44.6. The van der Waals surface area contributed by atoms with Crippen molar-refractivity contribution in [1.82, 2.24) is 9.13 Å². The van der Waals surface area contributed by atoms with Crippen LogP contribution >= 0.6 is 0 Å². The second kappa shape index (κ2) is 7.62. The molecule has 0 radical (unpaired) electrons. The van der Waals surface area contributed by atoms with Gasteiger partial charge in [0, 0.05) is 49.7 Å². The third kappa shape index (κ3) is 2.76. The summed E-state index contributed by atoms with van der Waals surface area (Å²) >= 11 is 0. The predicted octanol–water partition coefficient (Wildman–Crippen LogP) is 9.78. The normalized spacial score (nSPS) is 20.0. The molecule has 0 saturated heterocycles. The summed E-state index contributed by atoms with van der Waals surface area (Å²) in [6.45, 7) is 0. The van der Waals surface area contributed by atoms with Crippen LogP contribution in [0.2, 0.25) is 0 Å². The first kappa shape index (κ1) is 8.89. The second-order valence-electron chi connectivity index (χ2n) is 8.52. The Hall–Kier alpha value is -5.28. The first-order valence-corrected chi connectivity index (χ1v) is 11.5. The lowest BCUT2D eigenvalue weighted by Gasteiger charge is -2.09. The maximum absolute atomic E-state index is 9.55. The smallest absolute Gasteiger partial charge is 0.137 e. The molecule has 0 aliphatic rings. The lowest BCUT2D eigenvalue weighted by Crippen LogP contribution is -1.94. The fourth-order valence-corrected chi connectivity index (χ4v) is 5.04. The Kier molecular flexibility index (Phi) is 1.74. The van der Waals surface area contributed by atoms with E-state index in [2.05, 4.69) is 0 Å². The van der Waals surface area contributed by atoms with Gasteiger partial charge in [0.1, 0.15) is 11.2 Å². The van der Waals surface area contributed by atoms with Gasteiger partial charge in [-0.1, -0.05) is 72.5 Å². The Balaban J connectivity index is 1.64. The molecule has 0 fully saturated rings. The molecule has 0 spiro atoms. The van der Waals surface area contributed by atoms with Crippen molar-refractivity contribution in [2.45, 2.75) is 0 Å². The van der Waals surface area contributed by atoms with Crippen molar-refractivity contribution in [2.75, 3.05) is 0 Å². The molecule has 9 aromatic rings. The molecule has 182 valence electrons. The van der Waals surface area contributed by atoms with E-state index < -0.39 is 188 Å². The molecule has 0 aliphatic heterocycles. The molecule has 6 aromatic carbocycles. The minimum absolute atomic E-state index is 0.311. The number of aromatic nitrogens is 2. The van der Waals surface area contributed by atoms with Crippen LogP contribution in [0, 0.1) is 0 Å². The number of fused-ring (bicyclic) bond motifs is 10. The predicted molar refractivity (Wildman–Crippen MR) is 162 cm³/mol. The largest absolute Gasteiger partial charge is 0.456 e. The van der Waals surface area contributed by atoms with E-state index in [1.165, 1.54) is 0 Å². The molecule has 0 amide bonds. The molecule has 0 bridgehead atoms. The van der Waals surface area contributed by atoms with Crippen LogP contribution in [0.4, 0.5) is 0 Å². The van der Waals surface area contributed by atoms with Gasteiger partial charge in [-0.05, 0) is 54.4 Å². The van der Waals surface area contributed by atoms with E-state index in [1.54, 1.807) is 0 Å². The van der Waals surface area contributed by atoms with Crippen molar-refractivity contribution in [3.63, 3.8) is 0 Å². The first-order valence-electron chi connectivity index (χ1n) is 22.5. The number of nitrogens with zero attached hydrogens (tertiary/aromatic N) is 2. The molecular formula is C36H22N2O. The van der Waals surface area contributed by atoms with Crippen LogP contribution in [-0.2, 0) is 0 Å². The van der Waals surface area contributed by atoms with Gasteiger partial charge < -0.3 is 13.6 Å². The lowest BCUT2D eigenvalue weighted by atomic mass is 10.1. The highest BCUT2D eigenvalue weighted by atomic mass is 16.3. The zero-order valence-electron chi connectivity index (χ0n) is 41.3. The summed E-state index contributed by atoms with van der Waals surface area (Å²) in [5.74, 6) is 0. The van der Waals surface area contributed by atoms with Gasteiger partial charge in [-0.15, -0.1) is 0 Å². The maximum atomic E-state index is 9.55. The van der Waals surface area contributed by atoms with E-state index in [1.807, 2.05) is 0 Å². The van der Waals surface area contributed by atoms with Gasteiger partial charge in [0.15, 0.2) is 0 Å². The van der Waals surface area contributed by atoms with Crippen molar-refractivity contribution in [1.29, 1.82) is 0 Å². The van der Waals surface area contributed by atoms with Crippen molar-refractivity contribution in [2.24, 2.45) is 0 Å². The zero-order valence-corrected chi connectivity index (χ0v) is 19.3. The Morgan fingerprint density at radius 2 is 0.949 bits per heavy atom. The first-order chi connectivity index (χ1) is 28.5. The maximum Gasteiger partial charge on any atom is 0.137 e. The molecule has 0 unspecified atom stereocenters. The van der Waals surface area contributed by atoms with E-state index in [9.17, 15) is 6.85 Å². The van der Waals surface area contributed by atoms with Crippen molar-refractivity contribution in [3.8, 4) is 11.4 Å². The summed E-state index contributed by atoms with van der Waals surface area (Å²) in [6.07, 6.45) is 0. The summed E-state index contributed by atoms with van der Waals surface area (Å²) in [7, 11) is 0. The van der Waals surface area contributed by atoms with Gasteiger partial charge in [0.25, 0.3) is 0 Å². The molecule has 3 aromatic heterocycles. The van der Waals surface area contributed by atoms with Crippen molar-refractivity contribution >= 4 is 65.6 Å². The van der Waals surface area contributed by atoms with Gasteiger partial charge in [-0.25, -0.2) is 0 Å². The van der Waals surface area contributed by atoms with E-state index in [4.69, 9.17) is 27.7 Å². The number of hydrogen-bond donors (Lipinski definition) is 0. The molecule has 0 aliphatic carbocycles. The van der Waals surface area contributed by atoms with Gasteiger partial charge in [-0.2, -0.15) is 0 Å². The highest BCUT2D eigenvalue weighted by Gasteiger charge is 2.20. The Morgan fingerprint density at radius 1 is 0.410 bits per heavy atom. The van der Waals surface area contributed by atoms with Gasteiger partial charge >= 0.3 is 0 Å². The molecule has 9 rings (SSSR count). The fraction of sp³-hybridized carbons (Fsp3) is 0. The van der Waals surface area contributed by atoms with Crippen LogP contribution in [-0.4, -0.2) is 9.13 Å². The Bertz CT molecular complexity index is 3590. The molecule has 39 heavy (non-hydrogen) atoms. The van der Waals surface area contributed by atoms with Crippen LogP contribution in [0.5, 0.6) is 0 Å². The molecule has 0 saturated carbocycles. The Morgan fingerprint density at radius 3 is 1.64 bits per heavy atom.